The molecule has 0 atom stereocenters. The molecule has 5 nitrogen and oxygen atoms in total. The van der Waals surface area contributed by atoms with E-state index in [4.69, 9.17) is 5.73 Å². The van der Waals surface area contributed by atoms with Gasteiger partial charge in [-0.1, -0.05) is 30.3 Å². The summed E-state index contributed by atoms with van der Waals surface area (Å²) in [5.74, 6) is 1.32. The highest BCUT2D eigenvalue weighted by Gasteiger charge is 2.26. The van der Waals surface area contributed by atoms with Crippen LogP contribution >= 0.6 is 0 Å². The fraction of sp³-hybridized carbons (Fsp3) is 0.600. The van der Waals surface area contributed by atoms with E-state index in [1.54, 1.807) is 4.90 Å². The van der Waals surface area contributed by atoms with Gasteiger partial charge in [0, 0.05) is 25.6 Å². The van der Waals surface area contributed by atoms with Gasteiger partial charge in [-0.2, -0.15) is 0 Å². The molecule has 3 rings (SSSR count). The van der Waals surface area contributed by atoms with Crippen LogP contribution < -0.4 is 11.1 Å². The molecule has 2 fully saturated rings. The molecule has 5 heteroatoms. The second kappa shape index (κ2) is 8.37. The first-order valence-corrected chi connectivity index (χ1v) is 9.50. The van der Waals surface area contributed by atoms with E-state index in [1.807, 2.05) is 0 Å². The molecular formula is C20H29N3O2. The molecule has 1 saturated carbocycles. The Bertz CT molecular complexity index is 574. The molecule has 3 amide bonds. The molecule has 1 heterocycles. The third-order valence-electron chi connectivity index (χ3n) is 5.76. The number of carbonyl (C=O) groups excluding carboxylic acids is 2. The molecule has 0 unspecified atom stereocenters. The number of carbonyl (C=O) groups is 2. The van der Waals surface area contributed by atoms with E-state index in [1.165, 1.54) is 18.4 Å². The lowest BCUT2D eigenvalue weighted by atomic mass is 9.77. The first-order chi connectivity index (χ1) is 12.1. The highest BCUT2D eigenvalue weighted by molar-refractivity contribution is 5.76. The third kappa shape index (κ3) is 4.97. The number of hydrogen-bond acceptors (Lipinski definition) is 2. The Kier molecular flexibility index (Phi) is 5.95. The highest BCUT2D eigenvalue weighted by Crippen LogP contribution is 2.36. The number of benzene rings is 1. The molecule has 136 valence electrons. The smallest absolute Gasteiger partial charge is 0.314 e. The molecule has 0 aromatic heterocycles. The Morgan fingerprint density at radius 3 is 2.24 bits per heavy atom. The zero-order valence-corrected chi connectivity index (χ0v) is 14.8. The first kappa shape index (κ1) is 17.8. The van der Waals surface area contributed by atoms with Gasteiger partial charge in [-0.25, -0.2) is 4.79 Å². The minimum atomic E-state index is -0.361. The molecule has 1 aliphatic carbocycles. The van der Waals surface area contributed by atoms with Crippen LogP contribution in [0.2, 0.25) is 0 Å². The summed E-state index contributed by atoms with van der Waals surface area (Å²) in [4.78, 5) is 25.1. The van der Waals surface area contributed by atoms with Gasteiger partial charge >= 0.3 is 6.03 Å². The van der Waals surface area contributed by atoms with Gasteiger partial charge in [-0.05, 0) is 55.9 Å². The molecule has 0 radical (unpaired) electrons. The SMILES string of the molecule is NC(=O)N1CCC(NC(=O)CC2CCC(c3ccccc3)CC2)CC1. The Balaban J connectivity index is 1.38. The van der Waals surface area contributed by atoms with Crippen molar-refractivity contribution in [3.05, 3.63) is 35.9 Å². The van der Waals surface area contributed by atoms with Crippen molar-refractivity contribution < 1.29 is 9.59 Å². The van der Waals surface area contributed by atoms with Crippen molar-refractivity contribution in [1.82, 2.24) is 10.2 Å². The number of rotatable bonds is 4. The summed E-state index contributed by atoms with van der Waals surface area (Å²) in [6, 6.07) is 10.5. The van der Waals surface area contributed by atoms with E-state index in [-0.39, 0.29) is 18.0 Å². The molecule has 1 aromatic rings. The Morgan fingerprint density at radius 2 is 1.64 bits per heavy atom. The molecule has 25 heavy (non-hydrogen) atoms. The van der Waals surface area contributed by atoms with Crippen LogP contribution in [0.4, 0.5) is 4.79 Å². The number of nitrogens with one attached hydrogen (secondary N) is 1. The van der Waals surface area contributed by atoms with Crippen LogP contribution in [0.15, 0.2) is 30.3 Å². The van der Waals surface area contributed by atoms with Crippen LogP contribution in [-0.2, 0) is 4.79 Å². The number of urea groups is 1. The fourth-order valence-electron chi connectivity index (χ4n) is 4.22. The standard InChI is InChI=1S/C20H29N3O2/c21-20(25)23-12-10-18(11-13-23)22-19(24)14-15-6-8-17(9-7-15)16-4-2-1-3-5-16/h1-5,15,17-18H,6-14H2,(H2,21,25)(H,22,24). The monoisotopic (exact) mass is 343 g/mol. The zero-order chi connectivity index (χ0) is 17.6. The summed E-state index contributed by atoms with van der Waals surface area (Å²) in [5, 5.41) is 3.15. The molecule has 1 saturated heterocycles. The number of primary amides is 1. The van der Waals surface area contributed by atoms with Gasteiger partial charge in [0.2, 0.25) is 5.91 Å². The minimum Gasteiger partial charge on any atom is -0.353 e. The predicted molar refractivity (Wildman–Crippen MR) is 98.1 cm³/mol. The second-order valence-corrected chi connectivity index (χ2v) is 7.50. The van der Waals surface area contributed by atoms with E-state index < -0.39 is 0 Å². The van der Waals surface area contributed by atoms with Gasteiger partial charge in [0.15, 0.2) is 0 Å². The summed E-state index contributed by atoms with van der Waals surface area (Å²) in [5.41, 5.74) is 6.73. The van der Waals surface area contributed by atoms with Crippen molar-refractivity contribution in [1.29, 1.82) is 0 Å². The summed E-state index contributed by atoms with van der Waals surface area (Å²) in [6.45, 7) is 1.28. The van der Waals surface area contributed by atoms with Crippen molar-refractivity contribution in [2.24, 2.45) is 11.7 Å². The average Bonchev–Trinajstić information content (AvgIpc) is 2.63. The minimum absolute atomic E-state index is 0.167. The van der Waals surface area contributed by atoms with Crippen LogP contribution in [0.1, 0.15) is 56.4 Å². The maximum Gasteiger partial charge on any atom is 0.314 e. The number of likely N-dealkylation sites (tertiary alicyclic amines) is 1. The molecule has 1 aliphatic heterocycles. The quantitative estimate of drug-likeness (QED) is 0.882. The normalized spacial score (nSPS) is 24.7. The van der Waals surface area contributed by atoms with Gasteiger partial charge < -0.3 is 16.0 Å². The lowest BCUT2D eigenvalue weighted by molar-refractivity contribution is -0.123. The lowest BCUT2D eigenvalue weighted by Crippen LogP contribution is -2.48. The molecular weight excluding hydrogens is 314 g/mol. The third-order valence-corrected chi connectivity index (χ3v) is 5.76. The number of hydrogen-bond donors (Lipinski definition) is 2. The van der Waals surface area contributed by atoms with Crippen molar-refractivity contribution in [2.45, 2.75) is 56.9 Å². The van der Waals surface area contributed by atoms with Crippen LogP contribution in [0.5, 0.6) is 0 Å². The number of nitrogens with two attached hydrogens (primary N) is 1. The van der Waals surface area contributed by atoms with E-state index in [2.05, 4.69) is 35.6 Å². The summed E-state index contributed by atoms with van der Waals surface area (Å²) in [7, 11) is 0. The number of amides is 3. The number of piperidine rings is 1. The van der Waals surface area contributed by atoms with Gasteiger partial charge in [0.05, 0.1) is 0 Å². The van der Waals surface area contributed by atoms with Crippen LogP contribution in [-0.4, -0.2) is 36.0 Å². The average molecular weight is 343 g/mol. The largest absolute Gasteiger partial charge is 0.353 e. The molecule has 0 bridgehead atoms. The number of nitrogens with zero attached hydrogens (tertiary/aromatic N) is 1. The van der Waals surface area contributed by atoms with Crippen LogP contribution in [0.25, 0.3) is 0 Å². The van der Waals surface area contributed by atoms with E-state index >= 15 is 0 Å². The van der Waals surface area contributed by atoms with Gasteiger partial charge in [-0.15, -0.1) is 0 Å². The molecule has 0 spiro atoms. The van der Waals surface area contributed by atoms with Crippen molar-refractivity contribution in [3.8, 4) is 0 Å². The maximum absolute atomic E-state index is 12.3. The van der Waals surface area contributed by atoms with Gasteiger partial charge in [0.25, 0.3) is 0 Å². The van der Waals surface area contributed by atoms with Crippen LogP contribution in [0.3, 0.4) is 0 Å². The molecule has 1 aromatic carbocycles. The molecule has 3 N–H and O–H groups in total. The Hall–Kier alpha value is -2.04. The van der Waals surface area contributed by atoms with E-state index in [0.29, 0.717) is 31.3 Å². The Labute approximate surface area is 150 Å². The van der Waals surface area contributed by atoms with Crippen LogP contribution in [0, 0.1) is 5.92 Å². The van der Waals surface area contributed by atoms with Gasteiger partial charge in [-0.3, -0.25) is 4.79 Å². The zero-order valence-electron chi connectivity index (χ0n) is 14.8. The first-order valence-electron chi connectivity index (χ1n) is 9.50. The predicted octanol–water partition coefficient (Wildman–Crippen LogP) is 3.01. The molecule has 2 aliphatic rings. The fourth-order valence-corrected chi connectivity index (χ4v) is 4.22. The summed E-state index contributed by atoms with van der Waals surface area (Å²) in [6.07, 6.45) is 6.86. The second-order valence-electron chi connectivity index (χ2n) is 7.50. The summed E-state index contributed by atoms with van der Waals surface area (Å²) >= 11 is 0. The topological polar surface area (TPSA) is 75.4 Å². The Morgan fingerprint density at radius 1 is 1.00 bits per heavy atom. The van der Waals surface area contributed by atoms with E-state index in [9.17, 15) is 9.59 Å². The van der Waals surface area contributed by atoms with Crippen molar-refractivity contribution in [3.63, 3.8) is 0 Å². The summed E-state index contributed by atoms with van der Waals surface area (Å²) < 4.78 is 0. The van der Waals surface area contributed by atoms with Crippen molar-refractivity contribution >= 4 is 11.9 Å². The highest BCUT2D eigenvalue weighted by atomic mass is 16.2. The van der Waals surface area contributed by atoms with Crippen molar-refractivity contribution in [2.75, 3.05) is 13.1 Å². The van der Waals surface area contributed by atoms with Gasteiger partial charge in [0.1, 0.15) is 0 Å². The maximum atomic E-state index is 12.3. The van der Waals surface area contributed by atoms with E-state index in [0.717, 1.165) is 25.7 Å². The lowest BCUT2D eigenvalue weighted by Gasteiger charge is -2.32.